The Hall–Kier alpha value is -1.93. The number of hydrogen-bond donors (Lipinski definition) is 1. The zero-order valence-corrected chi connectivity index (χ0v) is 18.7. The van der Waals surface area contributed by atoms with Gasteiger partial charge in [0.2, 0.25) is 10.0 Å². The van der Waals surface area contributed by atoms with Gasteiger partial charge in [0, 0.05) is 15.6 Å². The van der Waals surface area contributed by atoms with Crippen LogP contribution in [0.3, 0.4) is 0 Å². The minimum Gasteiger partial charge on any atom is -0.495 e. The van der Waals surface area contributed by atoms with Gasteiger partial charge >= 0.3 is 0 Å². The SMILES string of the molecule is COc1c(Br)cc2ccccc2c1-c1c(S(N)(=O)=O)c(Br)cc2ccccc12. The van der Waals surface area contributed by atoms with E-state index in [9.17, 15) is 8.42 Å². The summed E-state index contributed by atoms with van der Waals surface area (Å²) in [7, 11) is -2.46. The Morgan fingerprint density at radius 3 is 1.86 bits per heavy atom. The molecule has 4 aromatic carbocycles. The molecule has 0 bridgehead atoms. The highest BCUT2D eigenvalue weighted by Crippen LogP contribution is 2.48. The molecule has 4 nitrogen and oxygen atoms in total. The van der Waals surface area contributed by atoms with Crippen LogP contribution >= 0.6 is 31.9 Å². The van der Waals surface area contributed by atoms with E-state index in [1.807, 2.05) is 54.6 Å². The Balaban J connectivity index is 2.35. The molecule has 0 aromatic heterocycles. The van der Waals surface area contributed by atoms with Gasteiger partial charge in [-0.3, -0.25) is 0 Å². The number of hydrogen-bond acceptors (Lipinski definition) is 3. The molecule has 0 aliphatic rings. The first-order valence-electron chi connectivity index (χ1n) is 8.32. The van der Waals surface area contributed by atoms with Gasteiger partial charge in [-0.1, -0.05) is 48.5 Å². The fraction of sp³-hybridized carbons (Fsp3) is 0.0476. The van der Waals surface area contributed by atoms with Gasteiger partial charge in [-0.15, -0.1) is 0 Å². The van der Waals surface area contributed by atoms with Gasteiger partial charge in [0.05, 0.1) is 11.6 Å². The lowest BCUT2D eigenvalue weighted by atomic mass is 9.93. The highest BCUT2D eigenvalue weighted by atomic mass is 79.9. The molecule has 28 heavy (non-hydrogen) atoms. The van der Waals surface area contributed by atoms with Gasteiger partial charge in [-0.2, -0.15) is 0 Å². The summed E-state index contributed by atoms with van der Waals surface area (Å²) in [6.07, 6.45) is 0. The van der Waals surface area contributed by atoms with Crippen LogP contribution in [0.4, 0.5) is 0 Å². The van der Waals surface area contributed by atoms with E-state index in [1.54, 1.807) is 13.2 Å². The monoisotopic (exact) mass is 519 g/mol. The molecule has 0 radical (unpaired) electrons. The largest absolute Gasteiger partial charge is 0.495 e. The van der Waals surface area contributed by atoms with Gasteiger partial charge in [0.15, 0.2) is 0 Å². The first-order chi connectivity index (χ1) is 13.3. The van der Waals surface area contributed by atoms with Crippen LogP contribution in [0.1, 0.15) is 0 Å². The summed E-state index contributed by atoms with van der Waals surface area (Å²) in [5.41, 5.74) is 1.19. The Morgan fingerprint density at radius 2 is 1.32 bits per heavy atom. The zero-order valence-electron chi connectivity index (χ0n) is 14.7. The highest BCUT2D eigenvalue weighted by molar-refractivity contribution is 9.10. The lowest BCUT2D eigenvalue weighted by molar-refractivity contribution is 0.414. The van der Waals surface area contributed by atoms with Gasteiger partial charge in [0.25, 0.3) is 0 Å². The number of fused-ring (bicyclic) bond motifs is 2. The van der Waals surface area contributed by atoms with E-state index in [2.05, 4.69) is 31.9 Å². The van der Waals surface area contributed by atoms with Crippen molar-refractivity contribution in [2.24, 2.45) is 5.14 Å². The number of rotatable bonds is 3. The van der Waals surface area contributed by atoms with E-state index in [1.165, 1.54) is 0 Å². The van der Waals surface area contributed by atoms with Crippen molar-refractivity contribution in [3.63, 3.8) is 0 Å². The standard InChI is InChI=1S/C21H15Br2NO3S/c1-27-20-16(22)10-12-6-2-4-8-14(12)18(20)19-15-9-5-3-7-13(15)11-17(23)21(19)28(24,25)26/h2-11H,1H3,(H2,24,25,26). The first kappa shape index (κ1) is 19.4. The van der Waals surface area contributed by atoms with Crippen molar-refractivity contribution < 1.29 is 13.2 Å². The molecule has 0 saturated heterocycles. The van der Waals surface area contributed by atoms with Crippen LogP contribution in [0, 0.1) is 0 Å². The van der Waals surface area contributed by atoms with Crippen molar-refractivity contribution >= 4 is 63.4 Å². The molecular formula is C21H15Br2NO3S. The summed E-state index contributed by atoms with van der Waals surface area (Å²) < 4.78 is 32.1. The van der Waals surface area contributed by atoms with Crippen molar-refractivity contribution in [3.05, 3.63) is 69.6 Å². The minimum atomic E-state index is -4.03. The summed E-state index contributed by atoms with van der Waals surface area (Å²) in [5.74, 6) is 0.548. The number of primary sulfonamides is 1. The Bertz CT molecular complexity index is 1350. The van der Waals surface area contributed by atoms with Crippen LogP contribution in [-0.2, 0) is 10.0 Å². The van der Waals surface area contributed by atoms with Crippen molar-refractivity contribution in [1.29, 1.82) is 0 Å². The van der Waals surface area contributed by atoms with Crippen LogP contribution in [0.2, 0.25) is 0 Å². The minimum absolute atomic E-state index is 0.0350. The number of nitrogens with two attached hydrogens (primary N) is 1. The molecule has 7 heteroatoms. The van der Waals surface area contributed by atoms with E-state index in [4.69, 9.17) is 9.88 Å². The number of benzene rings is 4. The molecule has 0 amide bonds. The van der Waals surface area contributed by atoms with Crippen molar-refractivity contribution in [1.82, 2.24) is 0 Å². The fourth-order valence-electron chi connectivity index (χ4n) is 3.56. The molecule has 0 fully saturated rings. The second-order valence-corrected chi connectivity index (χ2v) is 9.52. The molecule has 0 aliphatic heterocycles. The third-order valence-electron chi connectivity index (χ3n) is 4.65. The number of ether oxygens (including phenoxy) is 1. The van der Waals surface area contributed by atoms with Crippen LogP contribution in [0.25, 0.3) is 32.7 Å². The summed E-state index contributed by atoms with van der Waals surface area (Å²) in [5, 5.41) is 9.14. The molecule has 0 atom stereocenters. The van der Waals surface area contributed by atoms with Crippen LogP contribution < -0.4 is 9.88 Å². The third kappa shape index (κ3) is 3.12. The molecule has 4 rings (SSSR count). The third-order valence-corrected chi connectivity index (χ3v) is 7.12. The van der Waals surface area contributed by atoms with Gasteiger partial charge in [0.1, 0.15) is 10.6 Å². The predicted octanol–water partition coefficient (Wildman–Crippen LogP) is 5.84. The molecular weight excluding hydrogens is 506 g/mol. The highest BCUT2D eigenvalue weighted by Gasteiger charge is 2.26. The molecule has 0 saturated carbocycles. The van der Waals surface area contributed by atoms with Crippen molar-refractivity contribution in [2.75, 3.05) is 7.11 Å². The molecule has 0 aliphatic carbocycles. The van der Waals surface area contributed by atoms with E-state index in [0.29, 0.717) is 21.3 Å². The average Bonchev–Trinajstić information content (AvgIpc) is 2.65. The van der Waals surface area contributed by atoms with Gasteiger partial charge in [-0.25, -0.2) is 13.6 Å². The summed E-state index contributed by atoms with van der Waals surface area (Å²) >= 11 is 6.98. The molecule has 4 aromatic rings. The zero-order chi connectivity index (χ0) is 20.1. The maximum atomic E-state index is 12.6. The average molecular weight is 521 g/mol. The Kier molecular flexibility index (Phi) is 4.95. The van der Waals surface area contributed by atoms with Gasteiger partial charge < -0.3 is 4.74 Å². The van der Waals surface area contributed by atoms with E-state index < -0.39 is 10.0 Å². The maximum absolute atomic E-state index is 12.6. The molecule has 142 valence electrons. The van der Waals surface area contributed by atoms with E-state index >= 15 is 0 Å². The van der Waals surface area contributed by atoms with Crippen molar-refractivity contribution in [2.45, 2.75) is 4.90 Å². The second-order valence-electron chi connectivity index (χ2n) is 6.32. The predicted molar refractivity (Wildman–Crippen MR) is 120 cm³/mol. The topological polar surface area (TPSA) is 69.4 Å². The molecule has 0 unspecified atom stereocenters. The summed E-state index contributed by atoms with van der Waals surface area (Å²) in [4.78, 5) is 0.0350. The van der Waals surface area contributed by atoms with Crippen LogP contribution in [-0.4, -0.2) is 15.5 Å². The maximum Gasteiger partial charge on any atom is 0.239 e. The number of methoxy groups -OCH3 is 1. The lowest BCUT2D eigenvalue weighted by Crippen LogP contribution is -2.15. The number of halogens is 2. The quantitative estimate of drug-likeness (QED) is 0.369. The second kappa shape index (κ2) is 7.15. The Labute approximate surface area is 179 Å². The first-order valence-corrected chi connectivity index (χ1v) is 11.5. The number of sulfonamides is 1. The molecule has 2 N–H and O–H groups in total. The van der Waals surface area contributed by atoms with Gasteiger partial charge in [-0.05, 0) is 65.5 Å². The van der Waals surface area contributed by atoms with Crippen LogP contribution in [0.15, 0.2) is 74.5 Å². The normalized spacial score (nSPS) is 11.9. The van der Waals surface area contributed by atoms with Crippen molar-refractivity contribution in [3.8, 4) is 16.9 Å². The fourth-order valence-corrected chi connectivity index (χ4v) is 6.12. The molecule has 0 heterocycles. The summed E-state index contributed by atoms with van der Waals surface area (Å²) in [6, 6.07) is 19.1. The van der Waals surface area contributed by atoms with E-state index in [0.717, 1.165) is 26.0 Å². The molecule has 0 spiro atoms. The Morgan fingerprint density at radius 1 is 0.821 bits per heavy atom. The smallest absolute Gasteiger partial charge is 0.239 e. The van der Waals surface area contributed by atoms with Crippen LogP contribution in [0.5, 0.6) is 5.75 Å². The van der Waals surface area contributed by atoms with E-state index in [-0.39, 0.29) is 4.90 Å². The lowest BCUT2D eigenvalue weighted by Gasteiger charge is -2.19. The summed E-state index contributed by atoms with van der Waals surface area (Å²) in [6.45, 7) is 0.